The number of carboxylic acid groups (broad SMARTS) is 1. The largest absolute Gasteiger partial charge is 0.476 e. The molecule has 0 bridgehead atoms. The van der Waals surface area contributed by atoms with E-state index < -0.39 is 5.97 Å². The Morgan fingerprint density at radius 1 is 1.58 bits per heavy atom. The monoisotopic (exact) mass is 181 g/mol. The molecule has 5 nitrogen and oxygen atoms in total. The van der Waals surface area contributed by atoms with E-state index in [9.17, 15) is 4.79 Å². The Balaban J connectivity index is 2.82. The van der Waals surface area contributed by atoms with Crippen LogP contribution in [0.15, 0.2) is 11.7 Å². The lowest BCUT2D eigenvalue weighted by Gasteiger charge is -1.90. The molecule has 6 heteroatoms. The summed E-state index contributed by atoms with van der Waals surface area (Å²) in [6.07, 6.45) is 1.50. The summed E-state index contributed by atoms with van der Waals surface area (Å²) in [5.41, 5.74) is 1.89. The quantitative estimate of drug-likeness (QED) is 0.703. The summed E-state index contributed by atoms with van der Waals surface area (Å²) < 4.78 is 0.738. The lowest BCUT2D eigenvalue weighted by molar-refractivity contribution is 0.0691. The second kappa shape index (κ2) is 2.49. The summed E-state index contributed by atoms with van der Waals surface area (Å²) in [6, 6.07) is 0. The van der Waals surface area contributed by atoms with Gasteiger partial charge in [0.2, 0.25) is 0 Å². The third-order valence-electron chi connectivity index (χ3n) is 1.35. The van der Waals surface area contributed by atoms with Gasteiger partial charge in [-0.1, -0.05) is 0 Å². The number of nitrogens with zero attached hydrogens (tertiary/aromatic N) is 3. The molecule has 2 aromatic heterocycles. The van der Waals surface area contributed by atoms with Gasteiger partial charge in [0.05, 0.1) is 16.4 Å². The van der Waals surface area contributed by atoms with Crippen LogP contribution in [0.25, 0.3) is 10.2 Å². The number of carbonyl (C=O) groups is 1. The van der Waals surface area contributed by atoms with E-state index in [0.717, 1.165) is 4.70 Å². The van der Waals surface area contributed by atoms with E-state index in [1.807, 2.05) is 0 Å². The lowest BCUT2D eigenvalue weighted by Crippen LogP contribution is -2.02. The van der Waals surface area contributed by atoms with Gasteiger partial charge >= 0.3 is 5.97 Å². The number of hydrogen-bond acceptors (Lipinski definition) is 5. The van der Waals surface area contributed by atoms with Crippen LogP contribution in [0.3, 0.4) is 0 Å². The highest BCUT2D eigenvalue weighted by molar-refractivity contribution is 7.16. The summed E-state index contributed by atoms with van der Waals surface area (Å²) in [6.45, 7) is 0. The van der Waals surface area contributed by atoms with Crippen molar-refractivity contribution in [1.82, 2.24) is 15.2 Å². The van der Waals surface area contributed by atoms with Gasteiger partial charge in [-0.2, -0.15) is 5.10 Å². The van der Waals surface area contributed by atoms with E-state index in [0.29, 0.717) is 5.52 Å². The summed E-state index contributed by atoms with van der Waals surface area (Å²) in [5.74, 6) is -1.10. The van der Waals surface area contributed by atoms with E-state index in [-0.39, 0.29) is 5.69 Å². The highest BCUT2D eigenvalue weighted by Crippen LogP contribution is 2.17. The summed E-state index contributed by atoms with van der Waals surface area (Å²) in [5, 5.41) is 15.7. The Bertz CT molecular complexity index is 439. The Morgan fingerprint density at radius 2 is 2.42 bits per heavy atom. The van der Waals surface area contributed by atoms with Crippen molar-refractivity contribution in [3.8, 4) is 0 Å². The molecule has 0 spiro atoms. The molecule has 0 saturated heterocycles. The van der Waals surface area contributed by atoms with Crippen molar-refractivity contribution in [1.29, 1.82) is 0 Å². The van der Waals surface area contributed by atoms with Gasteiger partial charge in [-0.3, -0.25) is 0 Å². The average Bonchev–Trinajstić information content (AvgIpc) is 2.49. The Labute approximate surface area is 70.7 Å². The molecule has 0 aliphatic rings. The molecule has 0 atom stereocenters. The number of hydrogen-bond donors (Lipinski definition) is 1. The van der Waals surface area contributed by atoms with Crippen molar-refractivity contribution < 1.29 is 9.90 Å². The molecule has 0 aliphatic carbocycles. The average molecular weight is 181 g/mol. The minimum Gasteiger partial charge on any atom is -0.476 e. The van der Waals surface area contributed by atoms with Gasteiger partial charge in [-0.25, -0.2) is 9.78 Å². The fourth-order valence-corrected chi connectivity index (χ4v) is 1.50. The van der Waals surface area contributed by atoms with Crippen molar-refractivity contribution in [2.45, 2.75) is 0 Å². The van der Waals surface area contributed by atoms with Gasteiger partial charge < -0.3 is 5.11 Å². The summed E-state index contributed by atoms with van der Waals surface area (Å²) in [4.78, 5) is 14.5. The zero-order valence-electron chi connectivity index (χ0n) is 5.76. The van der Waals surface area contributed by atoms with Crippen molar-refractivity contribution in [2.75, 3.05) is 0 Å². The molecule has 0 fully saturated rings. The molecule has 2 rings (SSSR count). The van der Waals surface area contributed by atoms with Gasteiger partial charge in [0.1, 0.15) is 5.52 Å². The minimum atomic E-state index is -1.10. The van der Waals surface area contributed by atoms with Crippen LogP contribution >= 0.6 is 11.3 Å². The topological polar surface area (TPSA) is 76.0 Å². The van der Waals surface area contributed by atoms with Crippen LogP contribution < -0.4 is 0 Å². The maximum absolute atomic E-state index is 10.6. The maximum Gasteiger partial charge on any atom is 0.358 e. The van der Waals surface area contributed by atoms with E-state index in [1.165, 1.54) is 17.5 Å². The maximum atomic E-state index is 10.6. The molecule has 12 heavy (non-hydrogen) atoms. The number of aromatic nitrogens is 3. The Hall–Kier alpha value is -1.56. The number of fused-ring (bicyclic) bond motifs is 1. The highest BCUT2D eigenvalue weighted by Gasteiger charge is 2.12. The Morgan fingerprint density at radius 3 is 3.17 bits per heavy atom. The SMILES string of the molecule is O=C(O)c1nncc2scnc12. The van der Waals surface area contributed by atoms with E-state index in [2.05, 4.69) is 15.2 Å². The van der Waals surface area contributed by atoms with Gasteiger partial charge in [-0.05, 0) is 0 Å². The van der Waals surface area contributed by atoms with Crippen LogP contribution in [-0.2, 0) is 0 Å². The van der Waals surface area contributed by atoms with Gasteiger partial charge in [0, 0.05) is 0 Å². The predicted molar refractivity (Wildman–Crippen MR) is 42.2 cm³/mol. The highest BCUT2D eigenvalue weighted by atomic mass is 32.1. The van der Waals surface area contributed by atoms with Crippen molar-refractivity contribution >= 4 is 27.5 Å². The molecule has 0 saturated carbocycles. The zero-order valence-corrected chi connectivity index (χ0v) is 6.58. The van der Waals surface area contributed by atoms with Crippen LogP contribution in [0.5, 0.6) is 0 Å². The smallest absolute Gasteiger partial charge is 0.358 e. The first-order valence-corrected chi connectivity index (χ1v) is 3.95. The van der Waals surface area contributed by atoms with Crippen LogP contribution in [0.4, 0.5) is 0 Å². The summed E-state index contributed by atoms with van der Waals surface area (Å²) in [7, 11) is 0. The molecule has 2 aromatic rings. The van der Waals surface area contributed by atoms with Crippen molar-refractivity contribution in [2.24, 2.45) is 0 Å². The molecule has 0 unspecified atom stereocenters. The van der Waals surface area contributed by atoms with Crippen molar-refractivity contribution in [3.05, 3.63) is 17.4 Å². The third kappa shape index (κ3) is 0.928. The molecular weight excluding hydrogens is 178 g/mol. The first-order valence-electron chi connectivity index (χ1n) is 3.07. The first-order chi connectivity index (χ1) is 5.79. The summed E-state index contributed by atoms with van der Waals surface area (Å²) >= 11 is 1.34. The number of carboxylic acids is 1. The zero-order chi connectivity index (χ0) is 8.55. The van der Waals surface area contributed by atoms with E-state index >= 15 is 0 Å². The fourth-order valence-electron chi connectivity index (χ4n) is 0.855. The number of thiazole rings is 1. The number of rotatable bonds is 1. The van der Waals surface area contributed by atoms with Crippen LogP contribution in [0.2, 0.25) is 0 Å². The van der Waals surface area contributed by atoms with Gasteiger partial charge in [0.15, 0.2) is 5.69 Å². The lowest BCUT2D eigenvalue weighted by atomic mass is 10.3. The van der Waals surface area contributed by atoms with E-state index in [4.69, 9.17) is 5.11 Å². The van der Waals surface area contributed by atoms with Gasteiger partial charge in [0.25, 0.3) is 0 Å². The van der Waals surface area contributed by atoms with Crippen molar-refractivity contribution in [3.63, 3.8) is 0 Å². The number of aromatic carboxylic acids is 1. The Kier molecular flexibility index (Phi) is 1.47. The normalized spacial score (nSPS) is 10.3. The molecule has 0 aliphatic heterocycles. The van der Waals surface area contributed by atoms with Gasteiger partial charge in [-0.15, -0.1) is 16.4 Å². The molecule has 60 valence electrons. The second-order valence-electron chi connectivity index (χ2n) is 2.06. The molecule has 0 radical (unpaired) electrons. The minimum absolute atomic E-state index is 0.0891. The standard InChI is InChI=1S/C6H3N3O2S/c10-6(11)5-4-3(1-8-9-5)12-2-7-4/h1-2H,(H,10,11). The molecule has 0 amide bonds. The molecular formula is C6H3N3O2S. The molecule has 0 aromatic carbocycles. The second-order valence-corrected chi connectivity index (χ2v) is 2.95. The third-order valence-corrected chi connectivity index (χ3v) is 2.12. The van der Waals surface area contributed by atoms with Crippen LogP contribution in [0, 0.1) is 0 Å². The van der Waals surface area contributed by atoms with Crippen LogP contribution in [0.1, 0.15) is 10.5 Å². The fraction of sp³-hybridized carbons (Fsp3) is 0. The predicted octanol–water partition coefficient (Wildman–Crippen LogP) is 0.784. The van der Waals surface area contributed by atoms with E-state index in [1.54, 1.807) is 5.51 Å². The van der Waals surface area contributed by atoms with Crippen LogP contribution in [-0.4, -0.2) is 26.3 Å². The first kappa shape index (κ1) is 7.11. The molecule has 2 heterocycles. The molecule has 1 N–H and O–H groups in total.